The van der Waals surface area contributed by atoms with Gasteiger partial charge in [-0.05, 0) is 0 Å². The van der Waals surface area contributed by atoms with Gasteiger partial charge in [0, 0.05) is 25.5 Å². The van der Waals surface area contributed by atoms with Gasteiger partial charge in [0.15, 0.2) is 0 Å². The normalized spacial score (nSPS) is 25.9. The molecule has 6 nitrogen and oxygen atoms in total. The summed E-state index contributed by atoms with van der Waals surface area (Å²) in [5, 5.41) is 9.79. The maximum Gasteiger partial charge on any atom is 0.236 e. The molecule has 2 atom stereocenters. The first kappa shape index (κ1) is 10.1. The molecule has 0 bridgehead atoms. The highest BCUT2D eigenvalue weighted by Crippen LogP contribution is 2.21. The average molecular weight is 210 g/mol. The van der Waals surface area contributed by atoms with E-state index >= 15 is 0 Å². The Bertz CT molecular complexity index is 338. The zero-order valence-electron chi connectivity index (χ0n) is 8.28. The third kappa shape index (κ3) is 1.86. The number of nitrogens with zero attached hydrogens (tertiary/aromatic N) is 3. The molecule has 82 valence electrons. The van der Waals surface area contributed by atoms with E-state index in [0.29, 0.717) is 13.1 Å². The van der Waals surface area contributed by atoms with Crippen molar-refractivity contribution < 1.29 is 9.90 Å². The lowest BCUT2D eigenvalue weighted by molar-refractivity contribution is -0.129. The molecule has 1 aliphatic rings. The number of carbonyl (C=O) groups excluding carboxylic acids is 1. The van der Waals surface area contributed by atoms with Crippen LogP contribution in [0.2, 0.25) is 0 Å². The zero-order valence-corrected chi connectivity index (χ0v) is 8.28. The highest BCUT2D eigenvalue weighted by atomic mass is 16.3. The van der Waals surface area contributed by atoms with Crippen molar-refractivity contribution in [3.8, 4) is 0 Å². The fraction of sp³-hybridized carbons (Fsp3) is 0.556. The maximum atomic E-state index is 11.3. The van der Waals surface area contributed by atoms with Gasteiger partial charge < -0.3 is 20.3 Å². The first-order valence-electron chi connectivity index (χ1n) is 4.85. The molecule has 6 heteroatoms. The van der Waals surface area contributed by atoms with E-state index in [4.69, 9.17) is 5.73 Å². The molecule has 0 unspecified atom stereocenters. The molecule has 0 radical (unpaired) electrons. The number of aromatic nitrogens is 2. The minimum Gasteiger partial charge on any atom is -0.389 e. The number of hydrogen-bond acceptors (Lipinski definition) is 4. The Morgan fingerprint density at radius 2 is 2.40 bits per heavy atom. The van der Waals surface area contributed by atoms with Crippen molar-refractivity contribution in [3.63, 3.8) is 0 Å². The van der Waals surface area contributed by atoms with Crippen molar-refractivity contribution in [2.45, 2.75) is 12.1 Å². The SMILES string of the molecule is NCC(=O)N1C[C@H](O)[C@@H](n2ccnc2)C1. The Kier molecular flexibility index (Phi) is 2.70. The fourth-order valence-corrected chi connectivity index (χ4v) is 1.86. The molecule has 15 heavy (non-hydrogen) atoms. The molecule has 1 amide bonds. The van der Waals surface area contributed by atoms with Crippen LogP contribution in [0.5, 0.6) is 0 Å². The van der Waals surface area contributed by atoms with Crippen LogP contribution in [0.15, 0.2) is 18.7 Å². The number of nitrogens with two attached hydrogens (primary N) is 1. The minimum atomic E-state index is -0.547. The molecule has 1 aliphatic heterocycles. The number of rotatable bonds is 2. The molecule has 1 aromatic rings. The summed E-state index contributed by atoms with van der Waals surface area (Å²) >= 11 is 0. The molecule has 3 N–H and O–H groups in total. The van der Waals surface area contributed by atoms with Gasteiger partial charge in [0.1, 0.15) is 0 Å². The largest absolute Gasteiger partial charge is 0.389 e. The second-order valence-electron chi connectivity index (χ2n) is 3.65. The molecular weight excluding hydrogens is 196 g/mol. The van der Waals surface area contributed by atoms with Crippen LogP contribution in [0.3, 0.4) is 0 Å². The van der Waals surface area contributed by atoms with Crippen molar-refractivity contribution in [2.75, 3.05) is 19.6 Å². The number of β-amino-alcohol motifs (C(OH)–C–C–N with tert-alkyl or cyclic N) is 1. The van der Waals surface area contributed by atoms with Crippen molar-refractivity contribution in [1.29, 1.82) is 0 Å². The van der Waals surface area contributed by atoms with E-state index in [0.717, 1.165) is 0 Å². The molecule has 1 aromatic heterocycles. The van der Waals surface area contributed by atoms with Gasteiger partial charge in [0.05, 0.1) is 25.0 Å². The number of amides is 1. The van der Waals surface area contributed by atoms with E-state index in [-0.39, 0.29) is 18.5 Å². The highest BCUT2D eigenvalue weighted by molar-refractivity contribution is 5.78. The second kappa shape index (κ2) is 4.00. The monoisotopic (exact) mass is 210 g/mol. The fourth-order valence-electron chi connectivity index (χ4n) is 1.86. The number of imidazole rings is 1. The minimum absolute atomic E-state index is 0.0105. The number of likely N-dealkylation sites (tertiary alicyclic amines) is 1. The van der Waals surface area contributed by atoms with Crippen molar-refractivity contribution in [3.05, 3.63) is 18.7 Å². The Hall–Kier alpha value is -1.40. The molecule has 0 spiro atoms. The summed E-state index contributed by atoms with van der Waals surface area (Å²) in [6.45, 7) is 0.829. The Morgan fingerprint density at radius 1 is 1.60 bits per heavy atom. The van der Waals surface area contributed by atoms with Gasteiger partial charge in [0.25, 0.3) is 0 Å². The van der Waals surface area contributed by atoms with E-state index in [1.807, 2.05) is 4.57 Å². The number of hydrogen-bond donors (Lipinski definition) is 2. The van der Waals surface area contributed by atoms with Crippen LogP contribution in [-0.4, -0.2) is 51.2 Å². The van der Waals surface area contributed by atoms with Crippen LogP contribution in [-0.2, 0) is 4.79 Å². The van der Waals surface area contributed by atoms with Gasteiger partial charge in [-0.15, -0.1) is 0 Å². The van der Waals surface area contributed by atoms with Crippen molar-refractivity contribution in [2.24, 2.45) is 5.73 Å². The summed E-state index contributed by atoms with van der Waals surface area (Å²) in [4.78, 5) is 16.8. The Labute approximate surface area is 87.3 Å². The van der Waals surface area contributed by atoms with Gasteiger partial charge in [-0.1, -0.05) is 0 Å². The zero-order chi connectivity index (χ0) is 10.8. The number of carbonyl (C=O) groups is 1. The van der Waals surface area contributed by atoms with Gasteiger partial charge in [-0.3, -0.25) is 4.79 Å². The molecule has 2 heterocycles. The standard InChI is InChI=1S/C9H14N4O2/c10-3-9(15)13-4-7(8(14)5-13)12-2-1-11-6-12/h1-2,6-8,14H,3-5,10H2/t7-,8-/m0/s1. The number of aliphatic hydroxyl groups is 1. The van der Waals surface area contributed by atoms with Crippen LogP contribution in [0, 0.1) is 0 Å². The predicted molar refractivity (Wildman–Crippen MR) is 52.9 cm³/mol. The van der Waals surface area contributed by atoms with E-state index in [1.165, 1.54) is 0 Å². The van der Waals surface area contributed by atoms with E-state index in [1.54, 1.807) is 23.6 Å². The quantitative estimate of drug-likeness (QED) is 0.628. The molecule has 0 saturated carbocycles. The molecule has 1 saturated heterocycles. The smallest absolute Gasteiger partial charge is 0.236 e. The molecule has 1 fully saturated rings. The third-order valence-electron chi connectivity index (χ3n) is 2.69. The Balaban J connectivity index is 2.08. The molecule has 0 aromatic carbocycles. The number of aliphatic hydroxyl groups excluding tert-OH is 1. The summed E-state index contributed by atoms with van der Waals surface area (Å²) in [6, 6.07) is -0.108. The Morgan fingerprint density at radius 3 is 3.00 bits per heavy atom. The van der Waals surface area contributed by atoms with Gasteiger partial charge in [0.2, 0.25) is 5.91 Å². The summed E-state index contributed by atoms with van der Waals surface area (Å²) in [5.41, 5.74) is 5.27. The average Bonchev–Trinajstić information content (AvgIpc) is 2.84. The summed E-state index contributed by atoms with van der Waals surface area (Å²) < 4.78 is 1.81. The summed E-state index contributed by atoms with van der Waals surface area (Å²) in [6.07, 6.45) is 4.53. The first-order valence-corrected chi connectivity index (χ1v) is 4.85. The summed E-state index contributed by atoms with van der Waals surface area (Å²) in [5.74, 6) is -0.128. The molecule has 0 aliphatic carbocycles. The van der Waals surface area contributed by atoms with Crippen molar-refractivity contribution >= 4 is 5.91 Å². The van der Waals surface area contributed by atoms with Crippen molar-refractivity contribution in [1.82, 2.24) is 14.5 Å². The van der Waals surface area contributed by atoms with Crippen LogP contribution < -0.4 is 5.73 Å². The molecule has 2 rings (SSSR count). The second-order valence-corrected chi connectivity index (χ2v) is 3.65. The third-order valence-corrected chi connectivity index (χ3v) is 2.69. The lowest BCUT2D eigenvalue weighted by Crippen LogP contribution is -2.34. The van der Waals surface area contributed by atoms with Crippen LogP contribution in [0.25, 0.3) is 0 Å². The maximum absolute atomic E-state index is 11.3. The first-order chi connectivity index (χ1) is 7.22. The van der Waals surface area contributed by atoms with Gasteiger partial charge >= 0.3 is 0 Å². The highest BCUT2D eigenvalue weighted by Gasteiger charge is 2.34. The summed E-state index contributed by atoms with van der Waals surface area (Å²) in [7, 11) is 0. The van der Waals surface area contributed by atoms with Crippen LogP contribution in [0.4, 0.5) is 0 Å². The predicted octanol–water partition coefficient (Wildman–Crippen LogP) is -1.41. The molecular formula is C9H14N4O2. The topological polar surface area (TPSA) is 84.4 Å². The van der Waals surface area contributed by atoms with Crippen LogP contribution in [0.1, 0.15) is 6.04 Å². The lowest BCUT2D eigenvalue weighted by atomic mass is 10.2. The lowest BCUT2D eigenvalue weighted by Gasteiger charge is -2.15. The van der Waals surface area contributed by atoms with Gasteiger partial charge in [-0.25, -0.2) is 4.98 Å². The van der Waals surface area contributed by atoms with E-state index in [9.17, 15) is 9.90 Å². The van der Waals surface area contributed by atoms with E-state index < -0.39 is 6.10 Å². The van der Waals surface area contributed by atoms with Gasteiger partial charge in [-0.2, -0.15) is 0 Å². The van der Waals surface area contributed by atoms with Crippen LogP contribution >= 0.6 is 0 Å². The van der Waals surface area contributed by atoms with E-state index in [2.05, 4.69) is 4.98 Å².